The summed E-state index contributed by atoms with van der Waals surface area (Å²) in [4.78, 5) is 30.2. The summed E-state index contributed by atoms with van der Waals surface area (Å²) < 4.78 is 5.64. The summed E-state index contributed by atoms with van der Waals surface area (Å²) >= 11 is 3.51. The maximum Gasteiger partial charge on any atom is 0.337 e. The number of aromatic nitrogens is 1. The van der Waals surface area contributed by atoms with Crippen LogP contribution >= 0.6 is 15.9 Å². The molecule has 0 unspecified atom stereocenters. The zero-order chi connectivity index (χ0) is 22.8. The van der Waals surface area contributed by atoms with Crippen molar-refractivity contribution in [1.82, 2.24) is 4.98 Å². The van der Waals surface area contributed by atoms with Crippen molar-refractivity contribution >= 4 is 44.4 Å². The number of benzene rings is 3. The van der Waals surface area contributed by atoms with E-state index in [2.05, 4.69) is 21.2 Å². The molecular formula is C26H21BrN2O3. The van der Waals surface area contributed by atoms with Crippen LogP contribution in [0.15, 0.2) is 71.2 Å². The third-order valence-corrected chi connectivity index (χ3v) is 5.85. The quantitative estimate of drug-likeness (QED) is 0.341. The highest BCUT2D eigenvalue weighted by molar-refractivity contribution is 9.10. The number of ether oxygens (including phenoxy) is 1. The Kier molecular flexibility index (Phi) is 6.06. The maximum atomic E-state index is 13.5. The van der Waals surface area contributed by atoms with Crippen LogP contribution < -0.4 is 5.32 Å². The standard InChI is InChI=1S/C26H21BrN2O3/c1-15-13-18(26(31)32-3)9-11-21(15)29-25(30)23-16(2)24(17-7-5-4-6-8-17)28-22-12-10-19(27)14-20(22)23/h4-14H,1-3H3,(H,29,30). The molecule has 160 valence electrons. The number of hydrogen-bond acceptors (Lipinski definition) is 4. The van der Waals surface area contributed by atoms with Crippen molar-refractivity contribution in [2.24, 2.45) is 0 Å². The molecule has 0 aliphatic carbocycles. The van der Waals surface area contributed by atoms with Gasteiger partial charge >= 0.3 is 5.97 Å². The third kappa shape index (κ3) is 4.14. The van der Waals surface area contributed by atoms with Gasteiger partial charge in [-0.25, -0.2) is 9.78 Å². The second-order valence-electron chi connectivity index (χ2n) is 7.46. The minimum Gasteiger partial charge on any atom is -0.465 e. The topological polar surface area (TPSA) is 68.3 Å². The van der Waals surface area contributed by atoms with E-state index in [0.717, 1.165) is 37.8 Å². The number of carbonyl (C=O) groups is 2. The average molecular weight is 489 g/mol. The minimum absolute atomic E-state index is 0.237. The number of amides is 1. The molecule has 4 rings (SSSR count). The smallest absolute Gasteiger partial charge is 0.337 e. The number of fused-ring (bicyclic) bond motifs is 1. The lowest BCUT2D eigenvalue weighted by Gasteiger charge is -2.16. The first-order valence-electron chi connectivity index (χ1n) is 10.0. The molecular weight excluding hydrogens is 468 g/mol. The maximum absolute atomic E-state index is 13.5. The van der Waals surface area contributed by atoms with Crippen LogP contribution in [0.1, 0.15) is 31.8 Å². The van der Waals surface area contributed by atoms with Gasteiger partial charge in [-0.15, -0.1) is 0 Å². The zero-order valence-electron chi connectivity index (χ0n) is 17.9. The molecule has 0 atom stereocenters. The minimum atomic E-state index is -0.417. The highest BCUT2D eigenvalue weighted by Gasteiger charge is 2.20. The summed E-state index contributed by atoms with van der Waals surface area (Å²) in [6, 6.07) is 20.6. The van der Waals surface area contributed by atoms with Crippen molar-refractivity contribution in [2.75, 3.05) is 12.4 Å². The van der Waals surface area contributed by atoms with Crippen LogP contribution in [0.2, 0.25) is 0 Å². The Balaban J connectivity index is 1.82. The Labute approximate surface area is 194 Å². The van der Waals surface area contributed by atoms with Crippen LogP contribution in [0.3, 0.4) is 0 Å². The van der Waals surface area contributed by atoms with Crippen LogP contribution in [-0.4, -0.2) is 24.0 Å². The first kappa shape index (κ1) is 21.7. The van der Waals surface area contributed by atoms with E-state index in [0.29, 0.717) is 16.8 Å². The summed E-state index contributed by atoms with van der Waals surface area (Å²) in [7, 11) is 1.34. The molecule has 4 aromatic rings. The molecule has 0 spiro atoms. The molecule has 3 aromatic carbocycles. The number of methoxy groups -OCH3 is 1. The second-order valence-corrected chi connectivity index (χ2v) is 8.38. The van der Waals surface area contributed by atoms with Crippen molar-refractivity contribution in [1.29, 1.82) is 0 Å². The molecule has 0 bridgehead atoms. The predicted molar refractivity (Wildman–Crippen MR) is 130 cm³/mol. The number of nitrogens with one attached hydrogen (secondary N) is 1. The molecule has 1 aromatic heterocycles. The van der Waals surface area contributed by atoms with Gasteiger partial charge in [-0.1, -0.05) is 46.3 Å². The van der Waals surface area contributed by atoms with E-state index >= 15 is 0 Å². The molecule has 5 nitrogen and oxygen atoms in total. The van der Waals surface area contributed by atoms with Crippen molar-refractivity contribution in [2.45, 2.75) is 13.8 Å². The van der Waals surface area contributed by atoms with E-state index in [4.69, 9.17) is 9.72 Å². The lowest BCUT2D eigenvalue weighted by Crippen LogP contribution is -2.16. The van der Waals surface area contributed by atoms with Crippen LogP contribution in [-0.2, 0) is 4.74 Å². The van der Waals surface area contributed by atoms with Crippen molar-refractivity contribution < 1.29 is 14.3 Å². The third-order valence-electron chi connectivity index (χ3n) is 5.36. The van der Waals surface area contributed by atoms with E-state index in [-0.39, 0.29) is 5.91 Å². The summed E-state index contributed by atoms with van der Waals surface area (Å²) in [5.74, 6) is -0.654. The number of pyridine rings is 1. The van der Waals surface area contributed by atoms with Gasteiger partial charge in [-0.2, -0.15) is 0 Å². The van der Waals surface area contributed by atoms with E-state index in [1.54, 1.807) is 18.2 Å². The number of esters is 1. The highest BCUT2D eigenvalue weighted by atomic mass is 79.9. The molecule has 32 heavy (non-hydrogen) atoms. The summed E-state index contributed by atoms with van der Waals surface area (Å²) in [6.07, 6.45) is 0. The molecule has 1 N–H and O–H groups in total. The number of carbonyl (C=O) groups excluding carboxylic acids is 2. The molecule has 0 aliphatic rings. The average Bonchev–Trinajstić information content (AvgIpc) is 2.80. The van der Waals surface area contributed by atoms with Crippen molar-refractivity contribution in [3.8, 4) is 11.3 Å². The van der Waals surface area contributed by atoms with Crippen LogP contribution in [0.25, 0.3) is 22.2 Å². The molecule has 0 saturated carbocycles. The molecule has 1 amide bonds. The van der Waals surface area contributed by atoms with Gasteiger partial charge < -0.3 is 10.1 Å². The second kappa shape index (κ2) is 8.93. The van der Waals surface area contributed by atoms with Gasteiger partial charge in [0.25, 0.3) is 5.91 Å². The lowest BCUT2D eigenvalue weighted by atomic mass is 9.97. The van der Waals surface area contributed by atoms with Gasteiger partial charge in [0.2, 0.25) is 0 Å². The van der Waals surface area contributed by atoms with Crippen LogP contribution in [0, 0.1) is 13.8 Å². The molecule has 0 aliphatic heterocycles. The normalized spacial score (nSPS) is 10.8. The number of rotatable bonds is 4. The first-order chi connectivity index (χ1) is 15.4. The Hall–Kier alpha value is -3.51. The SMILES string of the molecule is COC(=O)c1ccc(NC(=O)c2c(C)c(-c3ccccc3)nc3ccc(Br)cc23)c(C)c1. The number of anilines is 1. The number of hydrogen-bond donors (Lipinski definition) is 1. The van der Waals surface area contributed by atoms with Gasteiger partial charge in [0.15, 0.2) is 0 Å². The zero-order valence-corrected chi connectivity index (χ0v) is 19.5. The largest absolute Gasteiger partial charge is 0.465 e. The van der Waals surface area contributed by atoms with Gasteiger partial charge in [0.1, 0.15) is 0 Å². The summed E-state index contributed by atoms with van der Waals surface area (Å²) in [5, 5.41) is 3.77. The van der Waals surface area contributed by atoms with Gasteiger partial charge in [0.05, 0.1) is 29.4 Å². The number of halogens is 1. The fourth-order valence-corrected chi connectivity index (χ4v) is 4.10. The van der Waals surface area contributed by atoms with Gasteiger partial charge in [-0.3, -0.25) is 4.79 Å². The van der Waals surface area contributed by atoms with Crippen molar-refractivity contribution in [3.05, 3.63) is 93.5 Å². The molecule has 0 fully saturated rings. The fourth-order valence-electron chi connectivity index (χ4n) is 3.73. The Morgan fingerprint density at radius 3 is 2.41 bits per heavy atom. The highest BCUT2D eigenvalue weighted by Crippen LogP contribution is 2.32. The fraction of sp³-hybridized carbons (Fsp3) is 0.115. The summed E-state index contributed by atoms with van der Waals surface area (Å²) in [6.45, 7) is 3.75. The van der Waals surface area contributed by atoms with E-state index in [9.17, 15) is 9.59 Å². The van der Waals surface area contributed by atoms with Gasteiger partial charge in [-0.05, 0) is 61.4 Å². The monoisotopic (exact) mass is 488 g/mol. The Morgan fingerprint density at radius 2 is 1.72 bits per heavy atom. The van der Waals surface area contributed by atoms with Gasteiger partial charge in [0, 0.05) is 21.1 Å². The number of nitrogens with zero attached hydrogens (tertiary/aromatic N) is 1. The lowest BCUT2D eigenvalue weighted by molar-refractivity contribution is 0.0600. The Bertz CT molecular complexity index is 1350. The van der Waals surface area contributed by atoms with Crippen molar-refractivity contribution in [3.63, 3.8) is 0 Å². The van der Waals surface area contributed by atoms with Crippen LogP contribution in [0.5, 0.6) is 0 Å². The summed E-state index contributed by atoms with van der Waals surface area (Å²) in [5.41, 5.74) is 5.63. The Morgan fingerprint density at radius 1 is 0.969 bits per heavy atom. The molecule has 1 heterocycles. The molecule has 0 radical (unpaired) electrons. The molecule has 6 heteroatoms. The van der Waals surface area contributed by atoms with Crippen LogP contribution in [0.4, 0.5) is 5.69 Å². The number of aryl methyl sites for hydroxylation is 1. The van der Waals surface area contributed by atoms with E-state index in [1.807, 2.05) is 62.4 Å². The predicted octanol–water partition coefficient (Wildman–Crippen LogP) is 6.32. The first-order valence-corrected chi connectivity index (χ1v) is 10.8. The van der Waals surface area contributed by atoms with E-state index in [1.165, 1.54) is 7.11 Å². The molecule has 0 saturated heterocycles. The van der Waals surface area contributed by atoms with E-state index < -0.39 is 5.97 Å².